The van der Waals surface area contributed by atoms with Crippen molar-refractivity contribution >= 4 is 35.1 Å². The highest BCUT2D eigenvalue weighted by molar-refractivity contribution is 6.09. The first-order chi connectivity index (χ1) is 21.6. The van der Waals surface area contributed by atoms with E-state index in [1.807, 2.05) is 33.8 Å². The molecule has 1 aromatic heterocycles. The van der Waals surface area contributed by atoms with Gasteiger partial charge in [-0.15, -0.1) is 5.10 Å². The highest BCUT2D eigenvalue weighted by Crippen LogP contribution is 2.40. The molecule has 0 saturated carbocycles. The van der Waals surface area contributed by atoms with Crippen molar-refractivity contribution in [1.29, 1.82) is 0 Å². The Kier molecular flexibility index (Phi) is 8.50. The lowest BCUT2D eigenvalue weighted by Gasteiger charge is -2.36. The van der Waals surface area contributed by atoms with Crippen molar-refractivity contribution in [3.63, 3.8) is 0 Å². The second-order valence-electron chi connectivity index (χ2n) is 13.3. The van der Waals surface area contributed by atoms with Gasteiger partial charge in [0, 0.05) is 24.0 Å². The lowest BCUT2D eigenvalue weighted by molar-refractivity contribution is 0.0785. The van der Waals surface area contributed by atoms with E-state index in [1.165, 1.54) is 16.9 Å². The van der Waals surface area contributed by atoms with Gasteiger partial charge in [-0.2, -0.15) is 4.48 Å². The number of halogens is 1. The summed E-state index contributed by atoms with van der Waals surface area (Å²) in [6.45, 7) is 11.2. The standard InChI is InChI=1S/C36H40FN5O4/c1-7-16-42(17-15-22-18-24(35(2,3)4)19-28(37)31(22)34(42)45)30-10-8-9-29(27(30)21-43)41-20-26(32(38)44)33(40-41)39-25-13-11-23(12-14-25)36(5,6)46/h8-15,17-20,43,46H,7,16,21H2,1-6H3,(H2-,38,39,40,44)/p+1. The number of aliphatic hydroxyl groups is 2. The van der Waals surface area contributed by atoms with Crippen molar-refractivity contribution in [3.8, 4) is 5.69 Å². The number of benzene rings is 3. The number of nitrogens with two attached hydrogens (primary N) is 1. The predicted octanol–water partition coefficient (Wildman–Crippen LogP) is 6.41. The molecule has 0 aliphatic carbocycles. The molecule has 2 heterocycles. The number of hydrogen-bond donors (Lipinski definition) is 4. The van der Waals surface area contributed by atoms with Gasteiger partial charge in [-0.25, -0.2) is 13.9 Å². The second kappa shape index (κ2) is 11.9. The third-order valence-electron chi connectivity index (χ3n) is 8.44. The molecule has 46 heavy (non-hydrogen) atoms. The molecule has 0 radical (unpaired) electrons. The fourth-order valence-electron chi connectivity index (χ4n) is 5.91. The molecule has 10 heteroatoms. The van der Waals surface area contributed by atoms with Crippen molar-refractivity contribution in [3.05, 3.63) is 106 Å². The summed E-state index contributed by atoms with van der Waals surface area (Å²) >= 11 is 0. The Morgan fingerprint density at radius 3 is 2.35 bits per heavy atom. The number of quaternary nitrogens is 1. The number of nitrogens with one attached hydrogen (secondary N) is 1. The normalized spacial score (nSPS) is 16.4. The molecule has 1 atom stereocenters. The number of carbonyl (C=O) groups is 2. The second-order valence-corrected chi connectivity index (χ2v) is 13.3. The molecule has 0 fully saturated rings. The maximum Gasteiger partial charge on any atom is 0.359 e. The van der Waals surface area contributed by atoms with E-state index in [9.17, 15) is 19.8 Å². The summed E-state index contributed by atoms with van der Waals surface area (Å²) in [6, 6.07) is 15.5. The summed E-state index contributed by atoms with van der Waals surface area (Å²) in [5.74, 6) is -1.54. The van der Waals surface area contributed by atoms with Crippen molar-refractivity contribution in [1.82, 2.24) is 14.3 Å². The molecule has 4 aromatic rings. The zero-order valence-electron chi connectivity index (χ0n) is 27.1. The van der Waals surface area contributed by atoms with Crippen molar-refractivity contribution in [2.75, 3.05) is 11.9 Å². The SMILES string of the molecule is CCC[N+]1(c2cccc(-n3cc(C(N)=O)c(Nc4ccc(C(C)(C)O)cc4)n3)c2CO)C=Cc2cc(C(C)(C)C)cc(F)c2C1=O. The van der Waals surface area contributed by atoms with E-state index in [0.717, 1.165) is 5.56 Å². The number of aromatic nitrogens is 2. The number of anilines is 2. The number of carbonyl (C=O) groups excluding carboxylic acids is 2. The number of hydrogen-bond acceptors (Lipinski definition) is 6. The Labute approximate surface area is 268 Å². The lowest BCUT2D eigenvalue weighted by Crippen LogP contribution is -2.52. The molecule has 3 aromatic carbocycles. The highest BCUT2D eigenvalue weighted by Gasteiger charge is 2.45. The highest BCUT2D eigenvalue weighted by atomic mass is 19.1. The van der Waals surface area contributed by atoms with Crippen molar-refractivity contribution in [2.45, 2.75) is 65.6 Å². The minimum Gasteiger partial charge on any atom is -0.391 e. The molecule has 2 amide bonds. The number of amides is 2. The van der Waals surface area contributed by atoms with Gasteiger partial charge in [-0.05, 0) is 72.7 Å². The van der Waals surface area contributed by atoms with Crippen LogP contribution in [0.2, 0.25) is 0 Å². The van der Waals surface area contributed by atoms with Crippen LogP contribution < -0.4 is 15.5 Å². The zero-order chi connectivity index (χ0) is 33.6. The molecule has 0 bridgehead atoms. The fraction of sp³-hybridized carbons (Fsp3) is 0.306. The predicted molar refractivity (Wildman–Crippen MR) is 178 cm³/mol. The number of aliphatic hydroxyl groups excluding tert-OH is 1. The molecule has 9 nitrogen and oxygen atoms in total. The van der Waals surface area contributed by atoms with E-state index in [1.54, 1.807) is 68.6 Å². The summed E-state index contributed by atoms with van der Waals surface area (Å²) in [6.07, 6.45) is 5.61. The topological polar surface area (TPSA) is 130 Å². The fourth-order valence-corrected chi connectivity index (χ4v) is 5.91. The smallest absolute Gasteiger partial charge is 0.359 e. The maximum atomic E-state index is 15.7. The van der Waals surface area contributed by atoms with Crippen LogP contribution in [0.15, 0.2) is 67.0 Å². The van der Waals surface area contributed by atoms with E-state index in [0.29, 0.717) is 46.7 Å². The van der Waals surface area contributed by atoms with Gasteiger partial charge in [0.15, 0.2) is 11.5 Å². The van der Waals surface area contributed by atoms with Gasteiger partial charge < -0.3 is 21.3 Å². The van der Waals surface area contributed by atoms with Gasteiger partial charge in [0.2, 0.25) is 0 Å². The number of nitrogens with zero attached hydrogens (tertiary/aromatic N) is 3. The Balaban J connectivity index is 1.61. The Morgan fingerprint density at radius 2 is 1.76 bits per heavy atom. The first kappa shape index (κ1) is 32.7. The Morgan fingerprint density at radius 1 is 1.07 bits per heavy atom. The number of fused-ring (bicyclic) bond motifs is 1. The lowest BCUT2D eigenvalue weighted by atomic mass is 9.84. The maximum absolute atomic E-state index is 15.7. The zero-order valence-corrected chi connectivity index (χ0v) is 27.1. The Hall–Kier alpha value is -4.64. The molecule has 5 rings (SSSR count). The molecule has 5 N–H and O–H groups in total. The minimum atomic E-state index is -1.02. The van der Waals surface area contributed by atoms with Gasteiger partial charge in [0.05, 0.1) is 30.0 Å². The van der Waals surface area contributed by atoms with Crippen LogP contribution in [0, 0.1) is 5.82 Å². The summed E-state index contributed by atoms with van der Waals surface area (Å²) in [5.41, 5.74) is 8.45. The quantitative estimate of drug-likeness (QED) is 0.159. The van der Waals surface area contributed by atoms with Crippen LogP contribution in [0.1, 0.15) is 90.9 Å². The van der Waals surface area contributed by atoms with Crippen LogP contribution in [-0.2, 0) is 17.6 Å². The number of primary amides is 1. The summed E-state index contributed by atoms with van der Waals surface area (Å²) in [7, 11) is 0. The van der Waals surface area contributed by atoms with E-state index < -0.39 is 29.8 Å². The molecule has 240 valence electrons. The van der Waals surface area contributed by atoms with Crippen LogP contribution in [0.4, 0.5) is 21.6 Å². The van der Waals surface area contributed by atoms with Crippen LogP contribution in [0.25, 0.3) is 11.8 Å². The third kappa shape index (κ3) is 5.87. The third-order valence-corrected chi connectivity index (χ3v) is 8.44. The minimum absolute atomic E-state index is 0.00966. The number of rotatable bonds is 9. The molecular formula is C36H41FN5O4+. The Bertz CT molecular complexity index is 1850. The average Bonchev–Trinajstić information content (AvgIpc) is 3.41. The van der Waals surface area contributed by atoms with Crippen LogP contribution >= 0.6 is 0 Å². The van der Waals surface area contributed by atoms with Crippen molar-refractivity contribution in [2.24, 2.45) is 5.73 Å². The summed E-state index contributed by atoms with van der Waals surface area (Å²) < 4.78 is 16.8. The molecule has 1 unspecified atom stereocenters. The largest absolute Gasteiger partial charge is 0.391 e. The summed E-state index contributed by atoms with van der Waals surface area (Å²) in [4.78, 5) is 26.8. The van der Waals surface area contributed by atoms with Gasteiger partial charge in [-0.3, -0.25) is 4.79 Å². The molecule has 1 aliphatic rings. The molecule has 0 saturated heterocycles. The van der Waals surface area contributed by atoms with Gasteiger partial charge in [-0.1, -0.05) is 45.9 Å². The van der Waals surface area contributed by atoms with E-state index in [-0.39, 0.29) is 26.8 Å². The van der Waals surface area contributed by atoms with Gasteiger partial charge in [0.1, 0.15) is 23.1 Å². The van der Waals surface area contributed by atoms with Crippen LogP contribution in [0.3, 0.4) is 0 Å². The molecular weight excluding hydrogens is 585 g/mol. The first-order valence-corrected chi connectivity index (χ1v) is 15.3. The first-order valence-electron chi connectivity index (χ1n) is 15.3. The monoisotopic (exact) mass is 626 g/mol. The molecule has 0 spiro atoms. The van der Waals surface area contributed by atoms with E-state index in [2.05, 4.69) is 10.4 Å². The average molecular weight is 627 g/mol. The van der Waals surface area contributed by atoms with E-state index in [4.69, 9.17) is 5.73 Å². The summed E-state index contributed by atoms with van der Waals surface area (Å²) in [5, 5.41) is 28.8. The van der Waals surface area contributed by atoms with Crippen LogP contribution in [-0.4, -0.2) is 38.4 Å². The van der Waals surface area contributed by atoms with Crippen molar-refractivity contribution < 1.29 is 24.2 Å². The molecule has 1 aliphatic heterocycles. The van der Waals surface area contributed by atoms with Gasteiger partial charge in [0.25, 0.3) is 5.91 Å². The van der Waals surface area contributed by atoms with Gasteiger partial charge >= 0.3 is 5.91 Å². The van der Waals surface area contributed by atoms with E-state index >= 15 is 4.39 Å². The van der Waals surface area contributed by atoms with Crippen LogP contribution in [0.5, 0.6) is 0 Å².